The quantitative estimate of drug-likeness (QED) is 0.453. The first-order valence-corrected chi connectivity index (χ1v) is 9.21. The van der Waals surface area contributed by atoms with Crippen LogP contribution in [0.2, 0.25) is 0 Å². The number of nitrogens with zero attached hydrogens (tertiary/aromatic N) is 1. The number of aromatic hydroxyl groups is 2. The number of aliphatic hydroxyl groups excluding tert-OH is 1. The summed E-state index contributed by atoms with van der Waals surface area (Å²) in [4.78, 5) is 52.9. The van der Waals surface area contributed by atoms with E-state index in [9.17, 15) is 39.6 Å². The van der Waals surface area contributed by atoms with Gasteiger partial charge in [0.2, 0.25) is 23.0 Å². The van der Waals surface area contributed by atoms with Gasteiger partial charge in [-0.1, -0.05) is 0 Å². The van der Waals surface area contributed by atoms with Gasteiger partial charge in [-0.05, 0) is 23.1 Å². The molecule has 2 aliphatic heterocycles. The topological polar surface area (TPSA) is 162 Å². The zero-order valence-corrected chi connectivity index (χ0v) is 16.0. The summed E-state index contributed by atoms with van der Waals surface area (Å²) in [5.41, 5.74) is -6.51. The highest BCUT2D eigenvalue weighted by molar-refractivity contribution is 6.34. The summed E-state index contributed by atoms with van der Waals surface area (Å²) in [5, 5.41) is 42.3. The molecule has 2 unspecified atom stereocenters. The van der Waals surface area contributed by atoms with Gasteiger partial charge < -0.3 is 30.1 Å². The summed E-state index contributed by atoms with van der Waals surface area (Å²) < 4.78 is 5.13. The lowest BCUT2D eigenvalue weighted by Crippen LogP contribution is -2.71. The van der Waals surface area contributed by atoms with E-state index < -0.39 is 57.9 Å². The standard InChI is InChI=1S/C21H15NO9/c1-22-6-10-13-8(5-11(24)14(10)19(22)29)4-9-15(16(13)26)18(28)21(12(25)2-3-31-21)20(30,7-23)17(9)27/h2-5,23-24,26,30H,6-7H2,1H3. The molecular formula is C21H15NO9. The first-order chi connectivity index (χ1) is 14.6. The van der Waals surface area contributed by atoms with Crippen molar-refractivity contribution in [2.24, 2.45) is 0 Å². The molecule has 158 valence electrons. The number of ether oxygens (including phenoxy) is 1. The second-order valence-electron chi connectivity index (χ2n) is 7.80. The Hall–Kier alpha value is -3.76. The minimum atomic E-state index is -2.92. The molecule has 31 heavy (non-hydrogen) atoms. The average molecular weight is 425 g/mol. The highest BCUT2D eigenvalue weighted by Gasteiger charge is 2.71. The Balaban J connectivity index is 1.90. The Morgan fingerprint density at radius 3 is 2.42 bits per heavy atom. The third-order valence-corrected chi connectivity index (χ3v) is 6.23. The van der Waals surface area contributed by atoms with E-state index in [1.54, 1.807) is 0 Å². The van der Waals surface area contributed by atoms with Crippen molar-refractivity contribution in [3.63, 3.8) is 0 Å². The van der Waals surface area contributed by atoms with Gasteiger partial charge in [0.25, 0.3) is 11.5 Å². The monoisotopic (exact) mass is 425 g/mol. The lowest BCUT2D eigenvalue weighted by atomic mass is 9.65. The minimum Gasteiger partial charge on any atom is -0.507 e. The SMILES string of the molecule is CN1Cc2c(c(O)cc3cc4c(c(O)c23)C(=O)C2(OC=CC2=O)C(O)(CO)C4=O)C1=O. The average Bonchev–Trinajstić information content (AvgIpc) is 3.26. The number of carbonyl (C=O) groups excluding carboxylic acids is 4. The Morgan fingerprint density at radius 1 is 1.10 bits per heavy atom. The second-order valence-corrected chi connectivity index (χ2v) is 7.80. The summed E-state index contributed by atoms with van der Waals surface area (Å²) in [6.45, 7) is -1.27. The van der Waals surface area contributed by atoms with E-state index in [4.69, 9.17) is 4.74 Å². The molecule has 3 aliphatic rings. The van der Waals surface area contributed by atoms with Gasteiger partial charge in [-0.2, -0.15) is 0 Å². The number of aliphatic hydroxyl groups is 2. The predicted molar refractivity (Wildman–Crippen MR) is 102 cm³/mol. The molecule has 2 heterocycles. The summed E-state index contributed by atoms with van der Waals surface area (Å²) in [6.07, 6.45) is 1.68. The van der Waals surface area contributed by atoms with Crippen LogP contribution in [0.3, 0.4) is 0 Å². The van der Waals surface area contributed by atoms with Crippen LogP contribution in [0.5, 0.6) is 11.5 Å². The molecular weight excluding hydrogens is 410 g/mol. The summed E-state index contributed by atoms with van der Waals surface area (Å²) in [7, 11) is 1.49. The number of rotatable bonds is 1. The van der Waals surface area contributed by atoms with Crippen molar-refractivity contribution in [3.05, 3.63) is 46.7 Å². The van der Waals surface area contributed by atoms with Crippen molar-refractivity contribution in [2.45, 2.75) is 17.7 Å². The lowest BCUT2D eigenvalue weighted by molar-refractivity contribution is -0.150. The highest BCUT2D eigenvalue weighted by atomic mass is 16.5. The number of benzene rings is 2. The van der Waals surface area contributed by atoms with E-state index in [1.165, 1.54) is 11.9 Å². The minimum absolute atomic E-state index is 0.0241. The van der Waals surface area contributed by atoms with Gasteiger partial charge >= 0.3 is 0 Å². The van der Waals surface area contributed by atoms with Crippen LogP contribution in [0, 0.1) is 0 Å². The maximum Gasteiger partial charge on any atom is 0.270 e. The maximum absolute atomic E-state index is 13.4. The van der Waals surface area contributed by atoms with Crippen molar-refractivity contribution in [1.29, 1.82) is 0 Å². The Morgan fingerprint density at radius 2 is 1.81 bits per heavy atom. The number of Topliss-reactive ketones (excluding diaryl/α,β-unsaturated/α-hetero) is 2. The molecule has 1 amide bonds. The van der Waals surface area contributed by atoms with Crippen LogP contribution < -0.4 is 0 Å². The van der Waals surface area contributed by atoms with Gasteiger partial charge in [-0.25, -0.2) is 0 Å². The van der Waals surface area contributed by atoms with Crippen molar-refractivity contribution >= 4 is 34.0 Å². The van der Waals surface area contributed by atoms with E-state index in [0.29, 0.717) is 0 Å². The molecule has 0 fully saturated rings. The number of phenolic OH excluding ortho intramolecular Hbond substituents is 2. The molecule has 1 spiro atoms. The van der Waals surface area contributed by atoms with Gasteiger partial charge in [0, 0.05) is 30.6 Å². The number of phenols is 2. The Bertz CT molecular complexity index is 1310. The highest BCUT2D eigenvalue weighted by Crippen LogP contribution is 2.49. The van der Waals surface area contributed by atoms with Crippen LogP contribution in [-0.4, -0.2) is 73.4 Å². The Kier molecular flexibility index (Phi) is 3.52. The molecule has 0 radical (unpaired) electrons. The van der Waals surface area contributed by atoms with Crippen molar-refractivity contribution in [3.8, 4) is 11.5 Å². The first-order valence-electron chi connectivity index (χ1n) is 9.21. The molecule has 10 nitrogen and oxygen atoms in total. The molecule has 2 aromatic carbocycles. The molecule has 2 aromatic rings. The normalized spacial score (nSPS) is 26.7. The van der Waals surface area contributed by atoms with E-state index in [2.05, 4.69) is 0 Å². The maximum atomic E-state index is 13.4. The largest absolute Gasteiger partial charge is 0.507 e. The number of hydrogen-bond acceptors (Lipinski definition) is 9. The molecule has 5 rings (SSSR count). The predicted octanol–water partition coefficient (Wildman–Crippen LogP) is -0.209. The third-order valence-electron chi connectivity index (χ3n) is 6.23. The van der Waals surface area contributed by atoms with E-state index in [0.717, 1.165) is 24.5 Å². The van der Waals surface area contributed by atoms with E-state index in [-0.39, 0.29) is 34.2 Å². The van der Waals surface area contributed by atoms with Crippen LogP contribution >= 0.6 is 0 Å². The molecule has 0 bridgehead atoms. The number of fused-ring (bicyclic) bond motifs is 4. The van der Waals surface area contributed by atoms with E-state index in [1.807, 2.05) is 0 Å². The molecule has 1 aliphatic carbocycles. The first kappa shape index (κ1) is 19.2. The molecule has 0 aromatic heterocycles. The third kappa shape index (κ3) is 1.94. The fourth-order valence-electron chi connectivity index (χ4n) is 4.69. The van der Waals surface area contributed by atoms with Crippen LogP contribution in [-0.2, 0) is 16.1 Å². The Labute approximate surface area is 173 Å². The van der Waals surface area contributed by atoms with Gasteiger partial charge in [0.15, 0.2) is 0 Å². The van der Waals surface area contributed by atoms with Gasteiger partial charge in [0.1, 0.15) is 11.5 Å². The number of ketones is 3. The van der Waals surface area contributed by atoms with Crippen molar-refractivity contribution in [2.75, 3.05) is 13.7 Å². The molecule has 0 saturated carbocycles. The zero-order chi connectivity index (χ0) is 22.5. The summed E-state index contributed by atoms with van der Waals surface area (Å²) >= 11 is 0. The summed E-state index contributed by atoms with van der Waals surface area (Å²) in [6, 6.07) is 2.32. The van der Waals surface area contributed by atoms with E-state index >= 15 is 0 Å². The lowest BCUT2D eigenvalue weighted by Gasteiger charge is -2.42. The fourth-order valence-corrected chi connectivity index (χ4v) is 4.69. The van der Waals surface area contributed by atoms with Crippen molar-refractivity contribution < 1.29 is 44.3 Å². The molecule has 2 atom stereocenters. The van der Waals surface area contributed by atoms with Crippen molar-refractivity contribution in [1.82, 2.24) is 4.90 Å². The van der Waals surface area contributed by atoms with Crippen LogP contribution in [0.15, 0.2) is 24.5 Å². The number of hydrogen-bond donors (Lipinski definition) is 4. The number of amides is 1. The molecule has 0 saturated heterocycles. The van der Waals surface area contributed by atoms with Crippen LogP contribution in [0.1, 0.15) is 36.6 Å². The van der Waals surface area contributed by atoms with Gasteiger partial charge in [-0.3, -0.25) is 19.2 Å². The number of carbonyl (C=O) groups is 4. The second kappa shape index (κ2) is 5.68. The zero-order valence-electron chi connectivity index (χ0n) is 16.0. The summed E-state index contributed by atoms with van der Waals surface area (Å²) in [5.74, 6) is -5.01. The van der Waals surface area contributed by atoms with Crippen LogP contribution in [0.4, 0.5) is 0 Å². The van der Waals surface area contributed by atoms with Gasteiger partial charge in [-0.15, -0.1) is 0 Å². The molecule has 10 heteroatoms. The molecule has 4 N–H and O–H groups in total. The smallest absolute Gasteiger partial charge is 0.270 e. The van der Waals surface area contributed by atoms with Gasteiger partial charge in [0.05, 0.1) is 24.0 Å². The van der Waals surface area contributed by atoms with Crippen LogP contribution in [0.25, 0.3) is 10.8 Å². The fraction of sp³-hybridized carbons (Fsp3) is 0.238.